The van der Waals surface area contributed by atoms with Gasteiger partial charge in [-0.05, 0) is 55.5 Å². The van der Waals surface area contributed by atoms with Gasteiger partial charge in [-0.1, -0.05) is 13.8 Å². The van der Waals surface area contributed by atoms with E-state index in [1.54, 1.807) is 10.7 Å². The number of rotatable bonds is 4. The summed E-state index contributed by atoms with van der Waals surface area (Å²) in [5, 5.41) is 27.0. The molecule has 0 amide bonds. The lowest BCUT2D eigenvalue weighted by Gasteiger charge is -2.42. The predicted octanol–water partition coefficient (Wildman–Crippen LogP) is 3.72. The molecule has 1 aliphatic rings. The molecule has 1 saturated carbocycles. The summed E-state index contributed by atoms with van der Waals surface area (Å²) in [6.07, 6.45) is 4.97. The van der Waals surface area contributed by atoms with Crippen LogP contribution in [0.2, 0.25) is 0 Å². The Hall–Kier alpha value is -2.91. The van der Waals surface area contributed by atoms with Gasteiger partial charge in [0, 0.05) is 17.9 Å². The molecule has 2 N–H and O–H groups in total. The van der Waals surface area contributed by atoms with Crippen LogP contribution >= 0.6 is 0 Å². The predicted molar refractivity (Wildman–Crippen MR) is 104 cm³/mol. The highest BCUT2D eigenvalue weighted by Gasteiger charge is 2.38. The number of anilines is 1. The molecule has 3 heterocycles. The first-order valence-corrected chi connectivity index (χ1v) is 9.23. The van der Waals surface area contributed by atoms with Gasteiger partial charge in [-0.25, -0.2) is 4.52 Å². The van der Waals surface area contributed by atoms with Gasteiger partial charge in [-0.15, -0.1) is 0 Å². The molecule has 3 aromatic rings. The van der Waals surface area contributed by atoms with Crippen molar-refractivity contribution < 1.29 is 5.11 Å². The topological polar surface area (TPSA) is 86.2 Å². The highest BCUT2D eigenvalue weighted by atomic mass is 16.3. The molecule has 27 heavy (non-hydrogen) atoms. The Bertz CT molecular complexity index is 1040. The summed E-state index contributed by atoms with van der Waals surface area (Å²) < 4.78 is 1.80. The van der Waals surface area contributed by atoms with Gasteiger partial charge >= 0.3 is 0 Å². The third-order valence-corrected chi connectivity index (χ3v) is 5.18. The second kappa shape index (κ2) is 6.36. The summed E-state index contributed by atoms with van der Waals surface area (Å²) in [5.41, 5.74) is 4.76. The Labute approximate surface area is 158 Å². The maximum Gasteiger partial charge on any atom is 0.101 e. The van der Waals surface area contributed by atoms with Gasteiger partial charge in [0.15, 0.2) is 0 Å². The summed E-state index contributed by atoms with van der Waals surface area (Å²) in [7, 11) is 0. The Morgan fingerprint density at radius 3 is 2.74 bits per heavy atom. The van der Waals surface area contributed by atoms with Crippen LogP contribution in [0.25, 0.3) is 16.9 Å². The Morgan fingerprint density at radius 1 is 1.30 bits per heavy atom. The van der Waals surface area contributed by atoms with E-state index in [2.05, 4.69) is 41.4 Å². The molecular formula is C21H23N5O. The molecule has 1 fully saturated rings. The summed E-state index contributed by atoms with van der Waals surface area (Å²) >= 11 is 0. The number of nitrogens with zero attached hydrogens (tertiary/aromatic N) is 4. The van der Waals surface area contributed by atoms with Gasteiger partial charge < -0.3 is 10.4 Å². The van der Waals surface area contributed by atoms with Crippen molar-refractivity contribution in [3.05, 3.63) is 47.8 Å². The monoisotopic (exact) mass is 361 g/mol. The van der Waals surface area contributed by atoms with Crippen molar-refractivity contribution in [3.8, 4) is 17.5 Å². The smallest absolute Gasteiger partial charge is 0.101 e. The third-order valence-electron chi connectivity index (χ3n) is 5.18. The van der Waals surface area contributed by atoms with E-state index in [4.69, 9.17) is 5.26 Å². The van der Waals surface area contributed by atoms with Crippen LogP contribution in [0, 0.1) is 11.3 Å². The molecular weight excluding hydrogens is 338 g/mol. The molecule has 0 radical (unpaired) electrons. The number of aromatic nitrogens is 3. The van der Waals surface area contributed by atoms with Crippen molar-refractivity contribution in [2.24, 2.45) is 0 Å². The van der Waals surface area contributed by atoms with E-state index in [9.17, 15) is 5.11 Å². The first-order valence-electron chi connectivity index (χ1n) is 9.23. The third kappa shape index (κ3) is 3.26. The fourth-order valence-electron chi connectivity index (χ4n) is 3.77. The minimum atomic E-state index is -0.564. The lowest BCUT2D eigenvalue weighted by atomic mass is 9.77. The number of fused-ring (bicyclic) bond motifs is 1. The molecule has 0 spiro atoms. The highest BCUT2D eigenvalue weighted by molar-refractivity contribution is 5.69. The lowest BCUT2D eigenvalue weighted by Crippen LogP contribution is -2.48. The average Bonchev–Trinajstić information content (AvgIpc) is 3.02. The van der Waals surface area contributed by atoms with Crippen molar-refractivity contribution in [1.29, 1.82) is 5.26 Å². The molecule has 138 valence electrons. The van der Waals surface area contributed by atoms with Crippen molar-refractivity contribution >= 4 is 11.2 Å². The molecule has 0 aliphatic heterocycles. The Kier molecular flexibility index (Phi) is 4.12. The van der Waals surface area contributed by atoms with E-state index in [-0.39, 0.29) is 6.04 Å². The van der Waals surface area contributed by atoms with Gasteiger partial charge in [0.05, 0.1) is 34.3 Å². The van der Waals surface area contributed by atoms with Gasteiger partial charge in [-0.3, -0.25) is 4.98 Å². The lowest BCUT2D eigenvalue weighted by molar-refractivity contribution is -0.0234. The minimum Gasteiger partial charge on any atom is -0.390 e. The first-order chi connectivity index (χ1) is 12.9. The van der Waals surface area contributed by atoms with Crippen molar-refractivity contribution in [3.63, 3.8) is 0 Å². The van der Waals surface area contributed by atoms with Crippen LogP contribution in [0.1, 0.15) is 50.7 Å². The fraction of sp³-hybridized carbons (Fsp3) is 0.381. The number of nitriles is 1. The zero-order valence-corrected chi connectivity index (χ0v) is 15.8. The summed E-state index contributed by atoms with van der Waals surface area (Å²) in [4.78, 5) is 4.66. The fourth-order valence-corrected chi connectivity index (χ4v) is 3.77. The van der Waals surface area contributed by atoms with Crippen LogP contribution in [0.3, 0.4) is 0 Å². The summed E-state index contributed by atoms with van der Waals surface area (Å²) in [6.45, 7) is 6.17. The van der Waals surface area contributed by atoms with Crippen LogP contribution in [0.15, 0.2) is 36.7 Å². The largest absolute Gasteiger partial charge is 0.390 e. The number of hydrogen-bond donors (Lipinski definition) is 2. The Morgan fingerprint density at radius 2 is 2.07 bits per heavy atom. The van der Waals surface area contributed by atoms with Crippen LogP contribution in [-0.2, 0) is 0 Å². The number of pyridine rings is 1. The summed E-state index contributed by atoms with van der Waals surface area (Å²) in [5.74, 6) is 0.343. The molecule has 0 bridgehead atoms. The quantitative estimate of drug-likeness (QED) is 0.740. The van der Waals surface area contributed by atoms with Gasteiger partial charge in [-0.2, -0.15) is 10.4 Å². The molecule has 0 saturated heterocycles. The zero-order valence-electron chi connectivity index (χ0n) is 15.8. The van der Waals surface area contributed by atoms with Crippen molar-refractivity contribution in [2.75, 3.05) is 5.32 Å². The van der Waals surface area contributed by atoms with E-state index in [1.165, 1.54) is 0 Å². The number of nitrogens with one attached hydrogen (secondary N) is 1. The van der Waals surface area contributed by atoms with Crippen LogP contribution in [0.5, 0.6) is 0 Å². The average molecular weight is 361 g/mol. The minimum absolute atomic E-state index is 0.271. The van der Waals surface area contributed by atoms with Crippen molar-refractivity contribution in [2.45, 2.75) is 51.2 Å². The van der Waals surface area contributed by atoms with E-state index in [1.807, 2.05) is 31.3 Å². The van der Waals surface area contributed by atoms with Crippen molar-refractivity contribution in [1.82, 2.24) is 14.6 Å². The molecule has 6 heteroatoms. The van der Waals surface area contributed by atoms with E-state index >= 15 is 0 Å². The SMILES string of the molecule is CC(C)c1cnc(-c2ccc3cc(C#N)cnn23)cc1N[C@H]1C[C@@](C)(O)C1. The van der Waals surface area contributed by atoms with Crippen LogP contribution in [-0.4, -0.2) is 31.3 Å². The van der Waals surface area contributed by atoms with E-state index in [0.29, 0.717) is 11.5 Å². The second-order valence-electron chi connectivity index (χ2n) is 7.97. The molecule has 0 aromatic carbocycles. The van der Waals surface area contributed by atoms with Gasteiger partial charge in [0.2, 0.25) is 0 Å². The first kappa shape index (κ1) is 17.5. The Balaban J connectivity index is 1.71. The van der Waals surface area contributed by atoms with E-state index < -0.39 is 5.60 Å². The maximum atomic E-state index is 10.0. The van der Waals surface area contributed by atoms with E-state index in [0.717, 1.165) is 41.0 Å². The standard InChI is InChI=1S/C21H23N5O/c1-13(2)17-12-23-19(7-18(17)25-15-8-21(3,27)9-15)20-5-4-16-6-14(10-22)11-24-26(16)20/h4-7,11-13,15,27H,8-9H2,1-3H3,(H,23,25)/t15-,21+. The molecule has 1 aliphatic carbocycles. The maximum absolute atomic E-state index is 10.0. The second-order valence-corrected chi connectivity index (χ2v) is 7.97. The zero-order chi connectivity index (χ0) is 19.2. The molecule has 3 aromatic heterocycles. The highest BCUT2D eigenvalue weighted by Crippen LogP contribution is 2.36. The van der Waals surface area contributed by atoms with Gasteiger partial charge in [0.25, 0.3) is 0 Å². The molecule has 6 nitrogen and oxygen atoms in total. The number of hydrogen-bond acceptors (Lipinski definition) is 5. The molecule has 0 unspecified atom stereocenters. The number of aliphatic hydroxyl groups is 1. The van der Waals surface area contributed by atoms with Crippen LogP contribution < -0.4 is 5.32 Å². The van der Waals surface area contributed by atoms with Gasteiger partial charge in [0.1, 0.15) is 6.07 Å². The molecule has 4 rings (SSSR count). The summed E-state index contributed by atoms with van der Waals surface area (Å²) in [6, 6.07) is 10.2. The molecule has 0 atom stereocenters. The normalized spacial score (nSPS) is 21.9. The van der Waals surface area contributed by atoms with Crippen LogP contribution in [0.4, 0.5) is 5.69 Å².